The van der Waals surface area contributed by atoms with Gasteiger partial charge in [0.2, 0.25) is 0 Å². The van der Waals surface area contributed by atoms with Crippen molar-refractivity contribution in [2.75, 3.05) is 19.8 Å². The van der Waals surface area contributed by atoms with Gasteiger partial charge in [-0.15, -0.1) is 0 Å². The molecule has 0 spiro atoms. The molecule has 0 fully saturated rings. The Bertz CT molecular complexity index is 213. The summed E-state index contributed by atoms with van der Waals surface area (Å²) < 4.78 is 9.87. The molecule has 0 bridgehead atoms. The van der Waals surface area contributed by atoms with Crippen LogP contribution in [0, 0.1) is 0 Å². The predicted molar refractivity (Wildman–Crippen MR) is 65.8 cm³/mol. The van der Waals surface area contributed by atoms with Crippen molar-refractivity contribution in [2.45, 2.75) is 52.4 Å². The molecule has 0 aromatic carbocycles. The molecule has 0 atom stereocenters. The molecule has 0 saturated carbocycles. The molecule has 4 nitrogen and oxygen atoms in total. The second-order valence-electron chi connectivity index (χ2n) is 3.99. The second-order valence-corrected chi connectivity index (χ2v) is 3.99. The van der Waals surface area contributed by atoms with Gasteiger partial charge in [0, 0.05) is 6.61 Å². The summed E-state index contributed by atoms with van der Waals surface area (Å²) in [6.07, 6.45) is 5.63. The highest BCUT2D eigenvalue weighted by atomic mass is 16.5. The third kappa shape index (κ3) is 11.4. The monoisotopic (exact) mass is 244 g/mol. The van der Waals surface area contributed by atoms with E-state index in [-0.39, 0.29) is 18.8 Å². The van der Waals surface area contributed by atoms with E-state index in [1.54, 1.807) is 6.92 Å². The molecule has 0 unspecified atom stereocenters. The van der Waals surface area contributed by atoms with Gasteiger partial charge >= 0.3 is 5.97 Å². The van der Waals surface area contributed by atoms with Crippen LogP contribution in [0.15, 0.2) is 0 Å². The standard InChI is InChI=1S/C13H24O4/c1-3-5-6-7-8-9-16-11-12(14)10-13(15)17-4-2/h3-11H2,1-2H3. The molecule has 0 aliphatic heterocycles. The number of Topliss-reactive ketones (excluding diaryl/α,β-unsaturated/α-hetero) is 1. The van der Waals surface area contributed by atoms with Gasteiger partial charge < -0.3 is 9.47 Å². The van der Waals surface area contributed by atoms with E-state index in [1.807, 2.05) is 0 Å². The summed E-state index contributed by atoms with van der Waals surface area (Å²) in [5, 5.41) is 0. The van der Waals surface area contributed by atoms with E-state index in [0.717, 1.165) is 12.8 Å². The third-order valence-corrected chi connectivity index (χ3v) is 2.30. The number of ether oxygens (including phenoxy) is 2. The van der Waals surface area contributed by atoms with Crippen LogP contribution in [0.3, 0.4) is 0 Å². The van der Waals surface area contributed by atoms with Gasteiger partial charge in [-0.05, 0) is 13.3 Å². The first kappa shape index (κ1) is 16.1. The van der Waals surface area contributed by atoms with E-state index in [1.165, 1.54) is 19.3 Å². The number of carbonyl (C=O) groups excluding carboxylic acids is 2. The number of ketones is 1. The number of rotatable bonds is 11. The smallest absolute Gasteiger partial charge is 0.313 e. The maximum Gasteiger partial charge on any atom is 0.313 e. The topological polar surface area (TPSA) is 52.6 Å². The fourth-order valence-electron chi connectivity index (χ4n) is 1.42. The van der Waals surface area contributed by atoms with Crippen LogP contribution in [0.25, 0.3) is 0 Å². The molecule has 0 N–H and O–H groups in total. The summed E-state index contributed by atoms with van der Waals surface area (Å²) in [5.41, 5.74) is 0. The lowest BCUT2D eigenvalue weighted by Crippen LogP contribution is -2.16. The Balaban J connectivity index is 3.30. The van der Waals surface area contributed by atoms with Crippen molar-refractivity contribution >= 4 is 11.8 Å². The zero-order chi connectivity index (χ0) is 12.9. The zero-order valence-electron chi connectivity index (χ0n) is 11.0. The predicted octanol–water partition coefficient (Wildman–Crippen LogP) is 2.50. The lowest BCUT2D eigenvalue weighted by Gasteiger charge is -2.03. The minimum Gasteiger partial charge on any atom is -0.466 e. The highest BCUT2D eigenvalue weighted by Gasteiger charge is 2.09. The normalized spacial score (nSPS) is 10.2. The SMILES string of the molecule is CCCCCCCOCC(=O)CC(=O)OCC. The van der Waals surface area contributed by atoms with E-state index in [9.17, 15) is 9.59 Å². The fourth-order valence-corrected chi connectivity index (χ4v) is 1.42. The molecule has 17 heavy (non-hydrogen) atoms. The lowest BCUT2D eigenvalue weighted by molar-refractivity contribution is -0.146. The maximum atomic E-state index is 11.2. The summed E-state index contributed by atoms with van der Waals surface area (Å²) in [6, 6.07) is 0. The van der Waals surface area contributed by atoms with Gasteiger partial charge in [-0.1, -0.05) is 32.6 Å². The molecular weight excluding hydrogens is 220 g/mol. The Morgan fingerprint density at radius 2 is 1.71 bits per heavy atom. The lowest BCUT2D eigenvalue weighted by atomic mass is 10.2. The van der Waals surface area contributed by atoms with Gasteiger partial charge in [-0.25, -0.2) is 0 Å². The largest absolute Gasteiger partial charge is 0.466 e. The Morgan fingerprint density at radius 3 is 2.35 bits per heavy atom. The summed E-state index contributed by atoms with van der Waals surface area (Å²) >= 11 is 0. The van der Waals surface area contributed by atoms with Gasteiger partial charge in [-0.2, -0.15) is 0 Å². The molecule has 0 heterocycles. The van der Waals surface area contributed by atoms with Crippen molar-refractivity contribution in [1.82, 2.24) is 0 Å². The minimum atomic E-state index is -0.468. The van der Waals surface area contributed by atoms with Crippen LogP contribution in [-0.2, 0) is 19.1 Å². The summed E-state index contributed by atoms with van der Waals surface area (Å²) in [6.45, 7) is 4.81. The second kappa shape index (κ2) is 11.6. The van der Waals surface area contributed by atoms with E-state index in [0.29, 0.717) is 13.2 Å². The molecule has 0 aliphatic carbocycles. The van der Waals surface area contributed by atoms with Crippen LogP contribution in [0.1, 0.15) is 52.4 Å². The highest BCUT2D eigenvalue weighted by Crippen LogP contribution is 2.02. The average Bonchev–Trinajstić information content (AvgIpc) is 2.28. The first-order valence-electron chi connectivity index (χ1n) is 6.45. The molecule has 4 heteroatoms. The van der Waals surface area contributed by atoms with Crippen LogP contribution in [0.5, 0.6) is 0 Å². The highest BCUT2D eigenvalue weighted by molar-refractivity contribution is 5.96. The fraction of sp³-hybridized carbons (Fsp3) is 0.846. The molecule has 0 aromatic rings. The van der Waals surface area contributed by atoms with Crippen molar-refractivity contribution < 1.29 is 19.1 Å². The Hall–Kier alpha value is -0.900. The van der Waals surface area contributed by atoms with Crippen LogP contribution >= 0.6 is 0 Å². The van der Waals surface area contributed by atoms with Crippen molar-refractivity contribution in [3.63, 3.8) is 0 Å². The minimum absolute atomic E-state index is 0.0204. The molecule has 0 amide bonds. The molecule has 100 valence electrons. The number of esters is 1. The Labute approximate surface area is 104 Å². The molecule has 0 rings (SSSR count). The zero-order valence-corrected chi connectivity index (χ0v) is 11.0. The van der Waals surface area contributed by atoms with Crippen molar-refractivity contribution in [3.8, 4) is 0 Å². The van der Waals surface area contributed by atoms with Crippen LogP contribution in [-0.4, -0.2) is 31.6 Å². The first-order chi connectivity index (χ1) is 8.20. The van der Waals surface area contributed by atoms with Crippen LogP contribution in [0.2, 0.25) is 0 Å². The molecular formula is C13H24O4. The van der Waals surface area contributed by atoms with Gasteiger partial charge in [0.05, 0.1) is 6.61 Å². The Morgan fingerprint density at radius 1 is 1.00 bits per heavy atom. The molecule has 0 radical (unpaired) electrons. The number of hydrogen-bond donors (Lipinski definition) is 0. The quantitative estimate of drug-likeness (QED) is 0.318. The first-order valence-corrected chi connectivity index (χ1v) is 6.45. The van der Waals surface area contributed by atoms with E-state index in [2.05, 4.69) is 11.7 Å². The van der Waals surface area contributed by atoms with Gasteiger partial charge in [0.25, 0.3) is 0 Å². The van der Waals surface area contributed by atoms with Gasteiger partial charge in [0.1, 0.15) is 13.0 Å². The molecule has 0 saturated heterocycles. The van der Waals surface area contributed by atoms with Crippen LogP contribution in [0.4, 0.5) is 0 Å². The van der Waals surface area contributed by atoms with E-state index < -0.39 is 5.97 Å². The summed E-state index contributed by atoms with van der Waals surface area (Å²) in [5.74, 6) is -0.680. The summed E-state index contributed by atoms with van der Waals surface area (Å²) in [4.78, 5) is 22.2. The van der Waals surface area contributed by atoms with Gasteiger partial charge in [0.15, 0.2) is 5.78 Å². The number of carbonyl (C=O) groups is 2. The molecule has 0 aromatic heterocycles. The molecule has 0 aliphatic rings. The van der Waals surface area contributed by atoms with Crippen molar-refractivity contribution in [2.24, 2.45) is 0 Å². The van der Waals surface area contributed by atoms with Crippen molar-refractivity contribution in [1.29, 1.82) is 0 Å². The maximum absolute atomic E-state index is 11.2. The Kier molecular flexibility index (Phi) is 11.0. The van der Waals surface area contributed by atoms with E-state index >= 15 is 0 Å². The number of hydrogen-bond acceptors (Lipinski definition) is 4. The van der Waals surface area contributed by atoms with Gasteiger partial charge in [-0.3, -0.25) is 9.59 Å². The van der Waals surface area contributed by atoms with Crippen LogP contribution < -0.4 is 0 Å². The third-order valence-electron chi connectivity index (χ3n) is 2.30. The van der Waals surface area contributed by atoms with Crippen molar-refractivity contribution in [3.05, 3.63) is 0 Å². The average molecular weight is 244 g/mol. The van der Waals surface area contributed by atoms with E-state index in [4.69, 9.17) is 4.74 Å². The number of unbranched alkanes of at least 4 members (excludes halogenated alkanes) is 4. The summed E-state index contributed by atoms with van der Waals surface area (Å²) in [7, 11) is 0.